The molecule has 3 rings (SSSR count). The molecule has 0 aliphatic heterocycles. The van der Waals surface area contributed by atoms with E-state index in [2.05, 4.69) is 0 Å². The zero-order valence-corrected chi connectivity index (χ0v) is 18.0. The van der Waals surface area contributed by atoms with Crippen LogP contribution in [0, 0.1) is 0 Å². The van der Waals surface area contributed by atoms with Crippen molar-refractivity contribution in [2.75, 3.05) is 0 Å². The van der Waals surface area contributed by atoms with Crippen LogP contribution in [0.5, 0.6) is 5.75 Å². The lowest BCUT2D eigenvalue weighted by Crippen LogP contribution is -2.35. The second kappa shape index (κ2) is 9.07. The maximum Gasteiger partial charge on any atom is 0.415 e. The van der Waals surface area contributed by atoms with Gasteiger partial charge in [-0.2, -0.15) is 0 Å². The Morgan fingerprint density at radius 2 is 1.16 bits per heavy atom. The van der Waals surface area contributed by atoms with E-state index in [9.17, 15) is 33.8 Å². The minimum atomic E-state index is -5.73. The Kier molecular flexibility index (Phi) is 6.84. The summed E-state index contributed by atoms with van der Waals surface area (Å²) < 4.78 is 27.7. The fourth-order valence-corrected chi connectivity index (χ4v) is 4.98. The van der Waals surface area contributed by atoms with Gasteiger partial charge in [0.25, 0.3) is 0 Å². The molecule has 0 heterocycles. The average Bonchev–Trinajstić information content (AvgIpc) is 2.72. The summed E-state index contributed by atoms with van der Waals surface area (Å²) in [5.74, 6) is -0.357. The standard InChI is InChI=1S/C21H22O8P2/c22-21(30(23,24)25,31(26,27)28)29-19-13-11-18(12-14-19)20(17-9-5-2-6-10-17)15-16-7-3-1-4-8-16/h1-14,20,22H,15H2,(H2,23,24,25)(H2,26,27,28). The van der Waals surface area contributed by atoms with Gasteiger partial charge in [-0.1, -0.05) is 72.8 Å². The maximum absolute atomic E-state index is 11.5. The van der Waals surface area contributed by atoms with Crippen LogP contribution in [0.2, 0.25) is 0 Å². The van der Waals surface area contributed by atoms with Crippen molar-refractivity contribution < 1.29 is 38.5 Å². The highest BCUT2D eigenvalue weighted by Gasteiger charge is 2.63. The Morgan fingerprint density at radius 1 is 0.710 bits per heavy atom. The third-order valence-corrected chi connectivity index (χ3v) is 8.04. The summed E-state index contributed by atoms with van der Waals surface area (Å²) in [6.07, 6.45) is 0.681. The molecule has 31 heavy (non-hydrogen) atoms. The van der Waals surface area contributed by atoms with Crippen LogP contribution >= 0.6 is 15.2 Å². The predicted octanol–water partition coefficient (Wildman–Crippen LogP) is 3.40. The SMILES string of the molecule is O=P(O)(O)C(O)(Oc1ccc(C(Cc2ccccc2)c2ccccc2)cc1)P(=O)(O)O. The molecule has 0 saturated carbocycles. The van der Waals surface area contributed by atoms with Crippen LogP contribution < -0.4 is 4.74 Å². The van der Waals surface area contributed by atoms with Crippen molar-refractivity contribution >= 4 is 15.2 Å². The molecular weight excluding hydrogens is 442 g/mol. The molecule has 0 fully saturated rings. The first-order valence-corrected chi connectivity index (χ1v) is 12.5. The van der Waals surface area contributed by atoms with E-state index in [0.29, 0.717) is 6.42 Å². The van der Waals surface area contributed by atoms with Gasteiger partial charge in [-0.3, -0.25) is 9.13 Å². The minimum Gasteiger partial charge on any atom is -0.442 e. The van der Waals surface area contributed by atoms with Crippen LogP contribution in [0.4, 0.5) is 0 Å². The van der Waals surface area contributed by atoms with Crippen molar-refractivity contribution in [1.82, 2.24) is 0 Å². The number of rotatable bonds is 8. The monoisotopic (exact) mass is 464 g/mol. The first kappa shape index (κ1) is 23.4. The van der Waals surface area contributed by atoms with E-state index in [0.717, 1.165) is 16.7 Å². The topological polar surface area (TPSA) is 145 Å². The van der Waals surface area contributed by atoms with Crippen LogP contribution in [-0.4, -0.2) is 29.9 Å². The van der Waals surface area contributed by atoms with Crippen LogP contribution in [0.15, 0.2) is 84.9 Å². The first-order valence-electron chi connectivity index (χ1n) is 9.23. The van der Waals surface area contributed by atoms with Crippen molar-refractivity contribution in [2.45, 2.75) is 17.6 Å². The van der Waals surface area contributed by atoms with Gasteiger partial charge >= 0.3 is 20.5 Å². The summed E-state index contributed by atoms with van der Waals surface area (Å²) >= 11 is 0. The van der Waals surface area contributed by atoms with E-state index >= 15 is 0 Å². The largest absolute Gasteiger partial charge is 0.442 e. The summed E-state index contributed by atoms with van der Waals surface area (Å²) in [6.45, 7) is 0. The van der Waals surface area contributed by atoms with Gasteiger partial charge < -0.3 is 29.4 Å². The molecule has 0 aliphatic rings. The number of ether oxygens (including phenoxy) is 1. The van der Waals surface area contributed by atoms with Crippen molar-refractivity contribution in [3.63, 3.8) is 0 Å². The first-order chi connectivity index (χ1) is 14.5. The summed E-state index contributed by atoms with van der Waals surface area (Å²) in [5, 5.41) is 5.97. The van der Waals surface area contributed by atoms with E-state index in [4.69, 9.17) is 4.74 Å². The van der Waals surface area contributed by atoms with Gasteiger partial charge in [-0.15, -0.1) is 0 Å². The Bertz CT molecular complexity index is 1070. The number of hydrogen-bond donors (Lipinski definition) is 5. The Labute approximate surface area is 179 Å². The molecular formula is C21H22O8P2. The van der Waals surface area contributed by atoms with Gasteiger partial charge in [0.1, 0.15) is 5.75 Å². The molecule has 1 atom stereocenters. The van der Waals surface area contributed by atoms with Gasteiger partial charge in [0.2, 0.25) is 0 Å². The van der Waals surface area contributed by atoms with Crippen molar-refractivity contribution in [1.29, 1.82) is 0 Å². The lowest BCUT2D eigenvalue weighted by atomic mass is 9.86. The van der Waals surface area contributed by atoms with Crippen LogP contribution in [0.3, 0.4) is 0 Å². The predicted molar refractivity (Wildman–Crippen MR) is 115 cm³/mol. The van der Waals surface area contributed by atoms with E-state index in [1.165, 1.54) is 12.1 Å². The van der Waals surface area contributed by atoms with Crippen LogP contribution in [0.1, 0.15) is 22.6 Å². The lowest BCUT2D eigenvalue weighted by molar-refractivity contribution is -0.0305. The fourth-order valence-electron chi connectivity index (χ4n) is 3.18. The molecule has 0 aromatic heterocycles. The quantitative estimate of drug-likeness (QED) is 0.252. The molecule has 0 amide bonds. The number of hydrogen-bond acceptors (Lipinski definition) is 4. The van der Waals surface area contributed by atoms with Gasteiger partial charge in [0.05, 0.1) is 0 Å². The smallest absolute Gasteiger partial charge is 0.415 e. The van der Waals surface area contributed by atoms with Crippen molar-refractivity contribution in [3.8, 4) is 5.75 Å². The summed E-state index contributed by atoms with van der Waals surface area (Å²) in [6, 6.07) is 25.4. The number of aliphatic hydroxyl groups is 1. The van der Waals surface area contributed by atoms with E-state index in [1.54, 1.807) is 12.1 Å². The summed E-state index contributed by atoms with van der Waals surface area (Å²) in [7, 11) is -11.5. The molecule has 8 nitrogen and oxygen atoms in total. The highest BCUT2D eigenvalue weighted by molar-refractivity contribution is 7.71. The zero-order valence-electron chi connectivity index (χ0n) is 16.2. The van der Waals surface area contributed by atoms with Gasteiger partial charge in [-0.25, -0.2) is 0 Å². The van der Waals surface area contributed by atoms with Crippen molar-refractivity contribution in [3.05, 3.63) is 102 Å². The van der Waals surface area contributed by atoms with Crippen LogP contribution in [-0.2, 0) is 15.6 Å². The normalized spacial score (nSPS) is 13.6. The molecule has 3 aromatic carbocycles. The molecule has 3 aromatic rings. The Hall–Kier alpha value is -2.28. The van der Waals surface area contributed by atoms with Gasteiger partial charge in [-0.05, 0) is 35.2 Å². The second-order valence-electron chi connectivity index (χ2n) is 6.99. The highest BCUT2D eigenvalue weighted by atomic mass is 31.2. The summed E-state index contributed by atoms with van der Waals surface area (Å²) in [4.78, 5) is 36.9. The lowest BCUT2D eigenvalue weighted by Gasteiger charge is -2.29. The molecule has 0 bridgehead atoms. The third-order valence-electron chi connectivity index (χ3n) is 4.78. The third kappa shape index (κ3) is 5.32. The molecule has 10 heteroatoms. The van der Waals surface area contributed by atoms with E-state index in [1.807, 2.05) is 60.7 Å². The Balaban J connectivity index is 1.93. The summed E-state index contributed by atoms with van der Waals surface area (Å²) in [5.41, 5.74) is 2.99. The average molecular weight is 464 g/mol. The van der Waals surface area contributed by atoms with Gasteiger partial charge in [0, 0.05) is 5.92 Å². The maximum atomic E-state index is 11.5. The second-order valence-corrected chi connectivity index (χ2v) is 10.7. The molecule has 1 unspecified atom stereocenters. The molecule has 0 radical (unpaired) electrons. The van der Waals surface area contributed by atoms with E-state index < -0.39 is 20.5 Å². The molecule has 0 saturated heterocycles. The van der Waals surface area contributed by atoms with E-state index in [-0.39, 0.29) is 11.7 Å². The molecule has 164 valence electrons. The highest BCUT2D eigenvalue weighted by Crippen LogP contribution is 2.67. The number of benzene rings is 3. The molecule has 0 spiro atoms. The molecule has 5 N–H and O–H groups in total. The molecule has 0 aliphatic carbocycles. The van der Waals surface area contributed by atoms with Crippen LogP contribution in [0.25, 0.3) is 0 Å². The van der Waals surface area contributed by atoms with Crippen molar-refractivity contribution in [2.24, 2.45) is 0 Å². The minimum absolute atomic E-state index is 0.0555. The Morgan fingerprint density at radius 3 is 1.65 bits per heavy atom. The fraction of sp³-hybridized carbons (Fsp3) is 0.143. The van der Waals surface area contributed by atoms with Gasteiger partial charge in [0.15, 0.2) is 0 Å². The zero-order chi connectivity index (χ0) is 22.7.